The maximum Gasteiger partial charge on any atom is 0.264 e. The summed E-state index contributed by atoms with van der Waals surface area (Å²) in [4.78, 5) is 37.5. The average molecular weight is 334 g/mol. The fourth-order valence-electron chi connectivity index (χ4n) is 3.16. The van der Waals surface area contributed by atoms with Crippen molar-refractivity contribution in [3.63, 3.8) is 0 Å². The zero-order chi connectivity index (χ0) is 16.7. The number of H-pyrrole nitrogens is 1. The van der Waals surface area contributed by atoms with Crippen molar-refractivity contribution in [2.45, 2.75) is 32.7 Å². The molecule has 3 rings (SSSR count). The standard InChI is InChI=1S/C16H22N4O2S/c1-9-12-14(21)17-10(2)18-15(12)23-13(9)16(22)20(4)11-5-7-19(3)8-6-11/h11H,5-8H2,1-4H3,(H,17,18,21). The highest BCUT2D eigenvalue weighted by Gasteiger charge is 2.27. The molecular weight excluding hydrogens is 312 g/mol. The first kappa shape index (κ1) is 16.1. The molecular formula is C16H22N4O2S. The summed E-state index contributed by atoms with van der Waals surface area (Å²) >= 11 is 1.32. The number of hydrogen-bond acceptors (Lipinski definition) is 5. The lowest BCUT2D eigenvalue weighted by Gasteiger charge is -2.35. The van der Waals surface area contributed by atoms with Crippen molar-refractivity contribution >= 4 is 27.5 Å². The molecule has 7 heteroatoms. The van der Waals surface area contributed by atoms with E-state index in [2.05, 4.69) is 21.9 Å². The molecule has 23 heavy (non-hydrogen) atoms. The Morgan fingerprint density at radius 3 is 2.65 bits per heavy atom. The maximum atomic E-state index is 12.9. The molecule has 1 aliphatic heterocycles. The molecule has 0 bridgehead atoms. The molecule has 1 amide bonds. The number of piperidine rings is 1. The first-order chi connectivity index (χ1) is 10.9. The second-order valence-electron chi connectivity index (χ2n) is 6.34. The van der Waals surface area contributed by atoms with Crippen LogP contribution in [0.1, 0.15) is 33.9 Å². The van der Waals surface area contributed by atoms with E-state index >= 15 is 0 Å². The third-order valence-electron chi connectivity index (χ3n) is 4.67. The van der Waals surface area contributed by atoms with Crippen molar-refractivity contribution in [3.8, 4) is 0 Å². The molecule has 0 aliphatic carbocycles. The number of aromatic nitrogens is 2. The number of fused-ring (bicyclic) bond motifs is 1. The van der Waals surface area contributed by atoms with E-state index in [0.29, 0.717) is 20.9 Å². The van der Waals surface area contributed by atoms with E-state index in [-0.39, 0.29) is 17.5 Å². The summed E-state index contributed by atoms with van der Waals surface area (Å²) in [5, 5.41) is 0.542. The number of amides is 1. The average Bonchev–Trinajstić information content (AvgIpc) is 2.83. The summed E-state index contributed by atoms with van der Waals surface area (Å²) in [6.07, 6.45) is 1.97. The van der Waals surface area contributed by atoms with Crippen LogP contribution in [-0.2, 0) is 0 Å². The van der Waals surface area contributed by atoms with Crippen molar-refractivity contribution in [1.82, 2.24) is 19.8 Å². The van der Waals surface area contributed by atoms with E-state index in [1.54, 1.807) is 6.92 Å². The summed E-state index contributed by atoms with van der Waals surface area (Å²) in [5.74, 6) is 0.573. The van der Waals surface area contributed by atoms with Gasteiger partial charge in [0, 0.05) is 13.1 Å². The number of aromatic amines is 1. The van der Waals surface area contributed by atoms with Gasteiger partial charge in [-0.1, -0.05) is 0 Å². The molecule has 1 N–H and O–H groups in total. The van der Waals surface area contributed by atoms with Crippen molar-refractivity contribution in [2.75, 3.05) is 27.2 Å². The van der Waals surface area contributed by atoms with Crippen molar-refractivity contribution in [3.05, 3.63) is 26.6 Å². The lowest BCUT2D eigenvalue weighted by Crippen LogP contribution is -2.44. The Kier molecular flexibility index (Phi) is 4.25. The van der Waals surface area contributed by atoms with Gasteiger partial charge in [-0.2, -0.15) is 0 Å². The number of thiophene rings is 1. The van der Waals surface area contributed by atoms with Crippen LogP contribution in [0.15, 0.2) is 4.79 Å². The topological polar surface area (TPSA) is 69.3 Å². The zero-order valence-electron chi connectivity index (χ0n) is 14.0. The Hall–Kier alpha value is -1.73. The van der Waals surface area contributed by atoms with Gasteiger partial charge >= 0.3 is 0 Å². The minimum atomic E-state index is -0.165. The molecule has 2 aromatic rings. The van der Waals surface area contributed by atoms with Gasteiger partial charge in [-0.05, 0) is 52.4 Å². The summed E-state index contributed by atoms with van der Waals surface area (Å²) < 4.78 is 0. The van der Waals surface area contributed by atoms with Gasteiger partial charge in [0.2, 0.25) is 0 Å². The van der Waals surface area contributed by atoms with E-state index < -0.39 is 0 Å². The normalized spacial score (nSPS) is 16.9. The monoisotopic (exact) mass is 334 g/mol. The lowest BCUT2D eigenvalue weighted by atomic mass is 10.0. The van der Waals surface area contributed by atoms with Gasteiger partial charge in [0.1, 0.15) is 10.7 Å². The minimum absolute atomic E-state index is 0.00268. The molecule has 1 aliphatic rings. The third kappa shape index (κ3) is 2.90. The SMILES string of the molecule is Cc1nc2sc(C(=O)N(C)C3CCN(C)CC3)c(C)c2c(=O)[nH]1. The molecule has 0 radical (unpaired) electrons. The molecule has 0 saturated carbocycles. The van der Waals surface area contributed by atoms with Crippen LogP contribution in [0.2, 0.25) is 0 Å². The lowest BCUT2D eigenvalue weighted by molar-refractivity contribution is 0.0664. The molecule has 3 heterocycles. The summed E-state index contributed by atoms with van der Waals surface area (Å²) in [7, 11) is 3.97. The predicted molar refractivity (Wildman–Crippen MR) is 92.3 cm³/mol. The second-order valence-corrected chi connectivity index (χ2v) is 7.34. The van der Waals surface area contributed by atoms with Crippen LogP contribution in [0.4, 0.5) is 0 Å². The number of hydrogen-bond donors (Lipinski definition) is 1. The maximum absolute atomic E-state index is 12.9. The molecule has 6 nitrogen and oxygen atoms in total. The number of nitrogens with one attached hydrogen (secondary N) is 1. The molecule has 0 unspecified atom stereocenters. The number of nitrogens with zero attached hydrogens (tertiary/aromatic N) is 3. The van der Waals surface area contributed by atoms with Gasteiger partial charge in [0.05, 0.1) is 10.3 Å². The van der Waals surface area contributed by atoms with E-state index in [1.807, 2.05) is 18.9 Å². The van der Waals surface area contributed by atoms with Crippen molar-refractivity contribution in [2.24, 2.45) is 0 Å². The molecule has 124 valence electrons. The van der Waals surface area contributed by atoms with Crippen molar-refractivity contribution < 1.29 is 4.79 Å². The highest BCUT2D eigenvalue weighted by Crippen LogP contribution is 2.29. The van der Waals surface area contributed by atoms with E-state index in [1.165, 1.54) is 11.3 Å². The number of aryl methyl sites for hydroxylation is 2. The molecule has 0 atom stereocenters. The largest absolute Gasteiger partial charge is 0.338 e. The summed E-state index contributed by atoms with van der Waals surface area (Å²) in [5.41, 5.74) is 0.575. The van der Waals surface area contributed by atoms with Crippen LogP contribution in [0.3, 0.4) is 0 Å². The fraction of sp³-hybridized carbons (Fsp3) is 0.562. The van der Waals surface area contributed by atoms with E-state index in [4.69, 9.17) is 0 Å². The highest BCUT2D eigenvalue weighted by atomic mass is 32.1. The van der Waals surface area contributed by atoms with Crippen LogP contribution >= 0.6 is 11.3 Å². The number of rotatable bonds is 2. The Morgan fingerprint density at radius 2 is 2.00 bits per heavy atom. The zero-order valence-corrected chi connectivity index (χ0v) is 14.8. The first-order valence-electron chi connectivity index (χ1n) is 7.84. The van der Waals surface area contributed by atoms with Crippen LogP contribution in [0, 0.1) is 13.8 Å². The molecule has 2 aromatic heterocycles. The smallest absolute Gasteiger partial charge is 0.264 e. The number of carbonyl (C=O) groups excluding carboxylic acids is 1. The van der Waals surface area contributed by atoms with Gasteiger partial charge in [0.15, 0.2) is 0 Å². The van der Waals surface area contributed by atoms with Gasteiger partial charge < -0.3 is 14.8 Å². The predicted octanol–water partition coefficient (Wildman–Crippen LogP) is 1.77. The highest BCUT2D eigenvalue weighted by molar-refractivity contribution is 7.20. The molecule has 1 fully saturated rings. The van der Waals surface area contributed by atoms with Crippen molar-refractivity contribution in [1.29, 1.82) is 0 Å². The first-order valence-corrected chi connectivity index (χ1v) is 8.66. The van der Waals surface area contributed by atoms with Crippen LogP contribution < -0.4 is 5.56 Å². The Bertz CT molecular complexity index is 802. The van der Waals surface area contributed by atoms with Gasteiger partial charge in [0.25, 0.3) is 11.5 Å². The van der Waals surface area contributed by atoms with Gasteiger partial charge in [-0.3, -0.25) is 9.59 Å². The minimum Gasteiger partial charge on any atom is -0.338 e. The van der Waals surface area contributed by atoms with Gasteiger partial charge in [-0.25, -0.2) is 4.98 Å². The van der Waals surface area contributed by atoms with Crippen LogP contribution in [0.25, 0.3) is 10.2 Å². The van der Waals surface area contributed by atoms with E-state index in [0.717, 1.165) is 31.5 Å². The summed E-state index contributed by atoms with van der Waals surface area (Å²) in [6, 6.07) is 0.260. The fourth-order valence-corrected chi connectivity index (χ4v) is 4.37. The van der Waals surface area contributed by atoms with Crippen LogP contribution in [-0.4, -0.2) is 58.9 Å². The Morgan fingerprint density at radius 1 is 1.35 bits per heavy atom. The molecule has 0 aromatic carbocycles. The Labute approximate surface area is 139 Å². The molecule has 1 saturated heterocycles. The Balaban J connectivity index is 1.93. The number of likely N-dealkylation sites (tertiary alicyclic amines) is 1. The number of carbonyl (C=O) groups is 1. The quantitative estimate of drug-likeness (QED) is 0.909. The second kappa shape index (κ2) is 6.05. The van der Waals surface area contributed by atoms with E-state index in [9.17, 15) is 9.59 Å². The molecule has 0 spiro atoms. The summed E-state index contributed by atoms with van der Waals surface area (Å²) in [6.45, 7) is 5.60. The third-order valence-corrected chi connectivity index (χ3v) is 5.84. The van der Waals surface area contributed by atoms with Gasteiger partial charge in [-0.15, -0.1) is 11.3 Å². The van der Waals surface area contributed by atoms with Crippen LogP contribution in [0.5, 0.6) is 0 Å².